The molecule has 0 aromatic heterocycles. The number of carbonyl (C=O) groups excluding carboxylic acids is 1. The summed E-state index contributed by atoms with van der Waals surface area (Å²) in [5.41, 5.74) is 0.444. The van der Waals surface area contributed by atoms with E-state index < -0.39 is 55.5 Å². The molecule has 172 valence electrons. The van der Waals surface area contributed by atoms with Crippen LogP contribution in [-0.4, -0.2) is 86.1 Å². The average Bonchev–Trinajstić information content (AvgIpc) is 2.75. The summed E-state index contributed by atoms with van der Waals surface area (Å²) in [7, 11) is 0. The number of benzene rings is 1. The first-order valence-corrected chi connectivity index (χ1v) is 10.2. The van der Waals surface area contributed by atoms with Crippen LogP contribution in [0.15, 0.2) is 24.3 Å². The Labute approximate surface area is 178 Å². The molecular formula is C21H28O10. The van der Waals surface area contributed by atoms with Gasteiger partial charge in [-0.25, -0.2) is 4.79 Å². The number of phenolic OH excluding ortho intramolecular Hbond substituents is 2. The molecule has 2 fully saturated rings. The Balaban J connectivity index is 1.55. The third-order valence-corrected chi connectivity index (χ3v) is 5.45. The van der Waals surface area contributed by atoms with Gasteiger partial charge >= 0.3 is 5.97 Å². The molecule has 0 radical (unpaired) electrons. The van der Waals surface area contributed by atoms with Crippen LogP contribution in [0.1, 0.15) is 31.2 Å². The molecule has 10 heteroatoms. The number of aliphatic hydroxyl groups is 4. The van der Waals surface area contributed by atoms with Gasteiger partial charge in [-0.05, 0) is 36.6 Å². The van der Waals surface area contributed by atoms with Crippen LogP contribution in [0.2, 0.25) is 0 Å². The lowest BCUT2D eigenvalue weighted by Crippen LogP contribution is -2.60. The summed E-state index contributed by atoms with van der Waals surface area (Å²) in [4.78, 5) is 12.0. The molecule has 1 saturated carbocycles. The highest BCUT2D eigenvalue weighted by Gasteiger charge is 2.46. The summed E-state index contributed by atoms with van der Waals surface area (Å²) in [6.45, 7) is -0.415. The van der Waals surface area contributed by atoms with Crippen LogP contribution in [0.3, 0.4) is 0 Å². The third-order valence-electron chi connectivity index (χ3n) is 5.45. The van der Waals surface area contributed by atoms with Crippen LogP contribution in [0.4, 0.5) is 0 Å². The van der Waals surface area contributed by atoms with E-state index in [1.165, 1.54) is 24.3 Å². The van der Waals surface area contributed by atoms with Crippen molar-refractivity contribution in [2.24, 2.45) is 0 Å². The summed E-state index contributed by atoms with van der Waals surface area (Å²) in [6, 6.07) is 4.00. The molecular weight excluding hydrogens is 412 g/mol. The molecule has 1 aromatic rings. The number of carbonyl (C=O) groups is 1. The van der Waals surface area contributed by atoms with E-state index in [9.17, 15) is 35.4 Å². The predicted molar refractivity (Wildman–Crippen MR) is 106 cm³/mol. The normalized spacial score (nSPS) is 34.0. The molecule has 0 amide bonds. The second-order valence-corrected chi connectivity index (χ2v) is 7.75. The van der Waals surface area contributed by atoms with Crippen molar-refractivity contribution in [3.05, 3.63) is 29.8 Å². The van der Waals surface area contributed by atoms with E-state index in [2.05, 4.69) is 0 Å². The summed E-state index contributed by atoms with van der Waals surface area (Å²) in [5, 5.41) is 59.3. The van der Waals surface area contributed by atoms with E-state index in [0.717, 1.165) is 18.9 Å². The van der Waals surface area contributed by atoms with E-state index in [1.807, 2.05) is 0 Å². The van der Waals surface area contributed by atoms with Crippen LogP contribution in [0, 0.1) is 0 Å². The van der Waals surface area contributed by atoms with Crippen molar-refractivity contribution >= 4 is 12.0 Å². The lowest BCUT2D eigenvalue weighted by Gasteiger charge is -2.42. The zero-order valence-corrected chi connectivity index (χ0v) is 16.8. The molecule has 6 N–H and O–H groups in total. The second-order valence-electron chi connectivity index (χ2n) is 7.75. The first-order valence-electron chi connectivity index (χ1n) is 10.2. The maximum absolute atomic E-state index is 12.0. The van der Waals surface area contributed by atoms with Gasteiger partial charge in [0.25, 0.3) is 0 Å². The van der Waals surface area contributed by atoms with Gasteiger partial charge in [0.05, 0.1) is 12.2 Å². The summed E-state index contributed by atoms with van der Waals surface area (Å²) < 4.78 is 16.2. The fourth-order valence-electron chi connectivity index (χ4n) is 3.60. The van der Waals surface area contributed by atoms with Gasteiger partial charge in [-0.1, -0.05) is 18.9 Å². The van der Waals surface area contributed by atoms with Gasteiger partial charge in [0.2, 0.25) is 0 Å². The summed E-state index contributed by atoms with van der Waals surface area (Å²) in [5.74, 6) is -1.40. The highest BCUT2D eigenvalue weighted by molar-refractivity contribution is 5.87. The first kappa shape index (κ1) is 23.5. The molecule has 2 aliphatic rings. The Hall–Kier alpha value is -2.21. The SMILES string of the molecule is O=C(/C=C/c1ccc(O)c(O)c1)OC[C@H]1O[C@@H](OC2CCCCC2O)[C@H](O)[C@@H](O)[C@@H]1O. The van der Waals surface area contributed by atoms with Gasteiger partial charge in [0.15, 0.2) is 17.8 Å². The molecule has 1 aromatic carbocycles. The highest BCUT2D eigenvalue weighted by Crippen LogP contribution is 2.28. The van der Waals surface area contributed by atoms with E-state index >= 15 is 0 Å². The molecule has 7 atom stereocenters. The number of phenols is 2. The topological polar surface area (TPSA) is 166 Å². The maximum Gasteiger partial charge on any atom is 0.330 e. The van der Waals surface area contributed by atoms with Crippen LogP contribution < -0.4 is 0 Å². The van der Waals surface area contributed by atoms with Gasteiger partial charge in [-0.3, -0.25) is 0 Å². The largest absolute Gasteiger partial charge is 0.504 e. The molecule has 3 rings (SSSR count). The molecule has 1 aliphatic heterocycles. The van der Waals surface area contributed by atoms with Crippen molar-refractivity contribution in [3.8, 4) is 11.5 Å². The number of aromatic hydroxyl groups is 2. The smallest absolute Gasteiger partial charge is 0.330 e. The van der Waals surface area contributed by atoms with E-state index in [1.54, 1.807) is 0 Å². The number of ether oxygens (including phenoxy) is 3. The van der Waals surface area contributed by atoms with E-state index in [0.29, 0.717) is 18.4 Å². The molecule has 31 heavy (non-hydrogen) atoms. The molecule has 0 spiro atoms. The van der Waals surface area contributed by atoms with Crippen molar-refractivity contribution in [2.45, 2.75) is 68.6 Å². The Bertz CT molecular complexity index is 781. The van der Waals surface area contributed by atoms with E-state index in [-0.39, 0.29) is 11.5 Å². The van der Waals surface area contributed by atoms with Gasteiger partial charge in [-0.15, -0.1) is 0 Å². The Morgan fingerprint density at radius 3 is 2.48 bits per heavy atom. The number of hydrogen-bond donors (Lipinski definition) is 6. The zero-order valence-electron chi connectivity index (χ0n) is 16.8. The van der Waals surface area contributed by atoms with E-state index in [4.69, 9.17) is 14.2 Å². The Morgan fingerprint density at radius 1 is 1.03 bits per heavy atom. The van der Waals surface area contributed by atoms with Gasteiger partial charge < -0.3 is 44.8 Å². The highest BCUT2D eigenvalue weighted by atomic mass is 16.7. The molecule has 2 unspecified atom stereocenters. The van der Waals surface area contributed by atoms with Crippen LogP contribution in [-0.2, 0) is 19.0 Å². The summed E-state index contributed by atoms with van der Waals surface area (Å²) in [6.07, 6.45) is -3.07. The lowest BCUT2D eigenvalue weighted by atomic mass is 9.94. The average molecular weight is 440 g/mol. The van der Waals surface area contributed by atoms with Crippen molar-refractivity contribution in [2.75, 3.05) is 6.61 Å². The second kappa shape index (κ2) is 10.4. The molecule has 1 heterocycles. The number of rotatable bonds is 6. The molecule has 0 bridgehead atoms. The minimum atomic E-state index is -1.58. The number of aliphatic hydroxyl groups excluding tert-OH is 4. The van der Waals surface area contributed by atoms with Crippen LogP contribution in [0.5, 0.6) is 11.5 Å². The minimum Gasteiger partial charge on any atom is -0.504 e. The van der Waals surface area contributed by atoms with Crippen molar-refractivity contribution in [1.29, 1.82) is 0 Å². The Kier molecular flexibility index (Phi) is 7.87. The molecule has 10 nitrogen and oxygen atoms in total. The third kappa shape index (κ3) is 5.94. The first-order chi connectivity index (χ1) is 14.8. The van der Waals surface area contributed by atoms with Crippen molar-refractivity contribution < 1.29 is 49.6 Å². The quantitative estimate of drug-likeness (QED) is 0.198. The van der Waals surface area contributed by atoms with Crippen LogP contribution >= 0.6 is 0 Å². The maximum atomic E-state index is 12.0. The number of hydrogen-bond acceptors (Lipinski definition) is 10. The fraction of sp³-hybridized carbons (Fsp3) is 0.571. The van der Waals surface area contributed by atoms with Gasteiger partial charge in [0, 0.05) is 6.08 Å². The lowest BCUT2D eigenvalue weighted by molar-refractivity contribution is -0.319. The van der Waals surface area contributed by atoms with Gasteiger partial charge in [0.1, 0.15) is 31.0 Å². The number of esters is 1. The van der Waals surface area contributed by atoms with Crippen LogP contribution in [0.25, 0.3) is 6.08 Å². The standard InChI is InChI=1S/C21H28O10/c22-12-7-5-11(9-14(12)24)6-8-17(25)29-10-16-18(26)19(27)20(28)21(31-16)30-15-4-2-1-3-13(15)23/h5-9,13,15-16,18-24,26-28H,1-4,10H2/b8-6+/t13?,15?,16-,18-,19+,20-,21-/m1/s1. The predicted octanol–water partition coefficient (Wildman–Crippen LogP) is -0.218. The van der Waals surface area contributed by atoms with Crippen molar-refractivity contribution in [1.82, 2.24) is 0 Å². The Morgan fingerprint density at radius 2 is 1.77 bits per heavy atom. The van der Waals surface area contributed by atoms with Crippen molar-refractivity contribution in [3.63, 3.8) is 0 Å². The summed E-state index contributed by atoms with van der Waals surface area (Å²) >= 11 is 0. The minimum absolute atomic E-state index is 0.290. The van der Waals surface area contributed by atoms with Gasteiger partial charge in [-0.2, -0.15) is 0 Å². The zero-order chi connectivity index (χ0) is 22.5. The monoisotopic (exact) mass is 440 g/mol. The fourth-order valence-corrected chi connectivity index (χ4v) is 3.60. The molecule has 1 saturated heterocycles. The molecule has 1 aliphatic carbocycles.